The second kappa shape index (κ2) is 7.86. The van der Waals surface area contributed by atoms with Crippen molar-refractivity contribution in [3.63, 3.8) is 0 Å². The molecule has 0 unspecified atom stereocenters. The highest BCUT2D eigenvalue weighted by Crippen LogP contribution is 2.37. The Hall–Kier alpha value is -2.69. The van der Waals surface area contributed by atoms with E-state index in [4.69, 9.17) is 23.2 Å². The van der Waals surface area contributed by atoms with Gasteiger partial charge in [0.2, 0.25) is 0 Å². The molecule has 0 amide bonds. The monoisotopic (exact) mass is 473 g/mol. The number of halogens is 6. The topological polar surface area (TPSA) is 62.7 Å². The van der Waals surface area contributed by atoms with Gasteiger partial charge in [-0.3, -0.25) is 0 Å². The number of aromatic nitrogens is 3. The van der Waals surface area contributed by atoms with Gasteiger partial charge in [0.25, 0.3) is 0 Å². The first-order valence-electron chi connectivity index (χ1n) is 8.19. The predicted octanol–water partition coefficient (Wildman–Crippen LogP) is 7.04. The molecule has 5 nitrogen and oxygen atoms in total. The molecule has 30 heavy (non-hydrogen) atoms. The summed E-state index contributed by atoms with van der Waals surface area (Å²) in [4.78, 5) is 13.1. The third kappa shape index (κ3) is 4.11. The van der Waals surface area contributed by atoms with E-state index < -0.39 is 17.6 Å². The zero-order valence-electron chi connectivity index (χ0n) is 14.6. The number of thiazole rings is 1. The van der Waals surface area contributed by atoms with Crippen molar-refractivity contribution < 1.29 is 17.6 Å². The van der Waals surface area contributed by atoms with Crippen molar-refractivity contribution in [2.24, 2.45) is 0 Å². The van der Waals surface area contributed by atoms with E-state index in [-0.39, 0.29) is 11.5 Å². The maximum absolute atomic E-state index is 13.8. The summed E-state index contributed by atoms with van der Waals surface area (Å²) in [7, 11) is 0. The largest absolute Gasteiger partial charge is 0.419 e. The molecule has 0 bridgehead atoms. The molecule has 0 fully saturated rings. The number of anilines is 4. The lowest BCUT2D eigenvalue weighted by atomic mass is 10.2. The van der Waals surface area contributed by atoms with E-state index in [1.165, 1.54) is 17.7 Å². The van der Waals surface area contributed by atoms with Gasteiger partial charge >= 0.3 is 6.18 Å². The molecule has 4 rings (SSSR count). The molecular formula is C18H9Cl2F4N5S. The molecule has 154 valence electrons. The van der Waals surface area contributed by atoms with Crippen molar-refractivity contribution in [2.45, 2.75) is 6.18 Å². The van der Waals surface area contributed by atoms with Crippen molar-refractivity contribution in [1.29, 1.82) is 0 Å². The molecular weight excluding hydrogens is 465 g/mol. The number of para-hydroxylation sites is 1. The van der Waals surface area contributed by atoms with Gasteiger partial charge in [-0.1, -0.05) is 40.6 Å². The molecule has 2 aromatic carbocycles. The van der Waals surface area contributed by atoms with Gasteiger partial charge in [-0.25, -0.2) is 19.3 Å². The van der Waals surface area contributed by atoms with Crippen molar-refractivity contribution in [2.75, 3.05) is 10.6 Å². The van der Waals surface area contributed by atoms with Crippen molar-refractivity contribution >= 4 is 67.2 Å². The Kier molecular flexibility index (Phi) is 5.39. The highest BCUT2D eigenvalue weighted by atomic mass is 35.5. The normalized spacial score (nSPS) is 11.7. The molecule has 2 aromatic heterocycles. The van der Waals surface area contributed by atoms with E-state index in [1.54, 1.807) is 18.2 Å². The van der Waals surface area contributed by atoms with Crippen LogP contribution in [0.4, 0.5) is 39.9 Å². The minimum atomic E-state index is -4.78. The smallest absolute Gasteiger partial charge is 0.338 e. The fourth-order valence-electron chi connectivity index (χ4n) is 2.58. The molecule has 2 heterocycles. The van der Waals surface area contributed by atoms with Gasteiger partial charge < -0.3 is 10.6 Å². The lowest BCUT2D eigenvalue weighted by Gasteiger charge is -2.10. The summed E-state index contributed by atoms with van der Waals surface area (Å²) in [5.74, 6) is -1.19. The van der Waals surface area contributed by atoms with Crippen LogP contribution >= 0.6 is 34.5 Å². The van der Waals surface area contributed by atoms with E-state index >= 15 is 0 Å². The van der Waals surface area contributed by atoms with E-state index in [1.807, 2.05) is 0 Å². The van der Waals surface area contributed by atoms with Gasteiger partial charge in [0.1, 0.15) is 17.7 Å². The summed E-state index contributed by atoms with van der Waals surface area (Å²) in [5, 5.41) is 7.00. The Balaban J connectivity index is 1.65. The second-order valence-corrected chi connectivity index (χ2v) is 7.73. The average Bonchev–Trinajstić information content (AvgIpc) is 3.08. The number of hydrogen-bond acceptors (Lipinski definition) is 6. The first kappa shape index (κ1) is 20.6. The molecule has 2 N–H and O–H groups in total. The van der Waals surface area contributed by atoms with Gasteiger partial charge in [0.05, 0.1) is 21.3 Å². The van der Waals surface area contributed by atoms with Gasteiger partial charge in [-0.2, -0.15) is 13.2 Å². The number of fused-ring (bicyclic) bond motifs is 1. The van der Waals surface area contributed by atoms with Crippen molar-refractivity contribution in [1.82, 2.24) is 15.0 Å². The molecule has 4 aromatic rings. The third-order valence-electron chi connectivity index (χ3n) is 3.93. The van der Waals surface area contributed by atoms with Crippen LogP contribution in [0.25, 0.3) is 10.3 Å². The van der Waals surface area contributed by atoms with Crippen LogP contribution in [0.2, 0.25) is 10.0 Å². The number of alkyl halides is 3. The Morgan fingerprint density at radius 1 is 0.967 bits per heavy atom. The quantitative estimate of drug-likeness (QED) is 0.311. The molecule has 0 aliphatic heterocycles. The fourth-order valence-corrected chi connectivity index (χ4v) is 3.89. The van der Waals surface area contributed by atoms with Gasteiger partial charge in [0.15, 0.2) is 15.8 Å². The van der Waals surface area contributed by atoms with E-state index in [9.17, 15) is 17.6 Å². The van der Waals surface area contributed by atoms with Crippen LogP contribution in [-0.2, 0) is 6.18 Å². The molecule has 0 radical (unpaired) electrons. The Morgan fingerprint density at radius 2 is 1.70 bits per heavy atom. The van der Waals surface area contributed by atoms with Crippen LogP contribution in [-0.4, -0.2) is 15.0 Å². The maximum atomic E-state index is 13.8. The number of nitrogens with one attached hydrogen (secondary N) is 2. The van der Waals surface area contributed by atoms with Crippen LogP contribution in [0.15, 0.2) is 42.7 Å². The zero-order valence-corrected chi connectivity index (χ0v) is 16.9. The molecule has 0 spiro atoms. The van der Waals surface area contributed by atoms with E-state index in [0.717, 1.165) is 12.1 Å². The SMILES string of the molecule is Fc1cc(Nc2ncnc3sc(Nc4c(Cl)cccc4Cl)nc23)ccc1C(F)(F)F. The minimum absolute atomic E-state index is 0.0807. The highest BCUT2D eigenvalue weighted by Gasteiger charge is 2.34. The number of benzene rings is 2. The molecule has 0 aliphatic rings. The lowest BCUT2D eigenvalue weighted by molar-refractivity contribution is -0.139. The van der Waals surface area contributed by atoms with Crippen LogP contribution < -0.4 is 10.6 Å². The lowest BCUT2D eigenvalue weighted by Crippen LogP contribution is -2.08. The minimum Gasteiger partial charge on any atom is -0.338 e. The molecule has 0 atom stereocenters. The predicted molar refractivity (Wildman–Crippen MR) is 110 cm³/mol. The number of nitrogens with zero attached hydrogens (tertiary/aromatic N) is 3. The van der Waals surface area contributed by atoms with Crippen molar-refractivity contribution in [3.8, 4) is 0 Å². The molecule has 12 heteroatoms. The summed E-state index contributed by atoms with van der Waals surface area (Å²) in [6, 6.07) is 7.53. The first-order valence-corrected chi connectivity index (χ1v) is 9.76. The Labute approximate surface area is 180 Å². The van der Waals surface area contributed by atoms with Gasteiger partial charge in [0, 0.05) is 5.69 Å². The standard InChI is InChI=1S/C18H9Cl2F4N5S/c19-10-2-1-3-11(20)13(10)28-17-29-14-15(25-7-26-16(14)30-17)27-8-4-5-9(12(21)6-8)18(22,23)24/h1-7H,(H,28,29)(H,25,26,27). The van der Waals surface area contributed by atoms with Crippen LogP contribution in [0.1, 0.15) is 5.56 Å². The van der Waals surface area contributed by atoms with Gasteiger partial charge in [-0.15, -0.1) is 0 Å². The number of rotatable bonds is 4. The summed E-state index contributed by atoms with van der Waals surface area (Å²) >= 11 is 13.5. The third-order valence-corrected chi connectivity index (χ3v) is 5.44. The highest BCUT2D eigenvalue weighted by molar-refractivity contribution is 7.21. The van der Waals surface area contributed by atoms with E-state index in [0.29, 0.717) is 37.3 Å². The fraction of sp³-hybridized carbons (Fsp3) is 0.0556. The maximum Gasteiger partial charge on any atom is 0.419 e. The summed E-state index contributed by atoms with van der Waals surface area (Å²) in [5.41, 5.74) is -0.463. The Morgan fingerprint density at radius 3 is 2.37 bits per heavy atom. The molecule has 0 saturated heterocycles. The van der Waals surface area contributed by atoms with Crippen molar-refractivity contribution in [3.05, 3.63) is 64.2 Å². The molecule has 0 saturated carbocycles. The summed E-state index contributed by atoms with van der Waals surface area (Å²) < 4.78 is 52.1. The van der Waals surface area contributed by atoms with Crippen LogP contribution in [0.3, 0.4) is 0 Å². The average molecular weight is 474 g/mol. The first-order chi connectivity index (χ1) is 14.2. The molecule has 0 aliphatic carbocycles. The van der Waals surface area contributed by atoms with Crippen LogP contribution in [0, 0.1) is 5.82 Å². The second-order valence-electron chi connectivity index (χ2n) is 5.93. The zero-order chi connectivity index (χ0) is 21.5. The van der Waals surface area contributed by atoms with Gasteiger partial charge in [-0.05, 0) is 30.3 Å². The van der Waals surface area contributed by atoms with Crippen LogP contribution in [0.5, 0.6) is 0 Å². The van der Waals surface area contributed by atoms with E-state index in [2.05, 4.69) is 25.6 Å². The summed E-state index contributed by atoms with van der Waals surface area (Å²) in [6.45, 7) is 0. The Bertz CT molecular complexity index is 1220. The number of hydrogen-bond donors (Lipinski definition) is 2. The summed E-state index contributed by atoms with van der Waals surface area (Å²) in [6.07, 6.45) is -3.52.